The summed E-state index contributed by atoms with van der Waals surface area (Å²) in [5.41, 5.74) is 1.57. The normalized spacial score (nSPS) is 11.8. The van der Waals surface area contributed by atoms with Gasteiger partial charge in [0.05, 0.1) is 4.88 Å². The molecule has 4 rings (SSSR count). The lowest BCUT2D eigenvalue weighted by Gasteiger charge is -2.02. The van der Waals surface area contributed by atoms with E-state index in [9.17, 15) is 4.79 Å². The lowest BCUT2D eigenvalue weighted by molar-refractivity contribution is 0.0994. The Morgan fingerprint density at radius 1 is 1.04 bits per heavy atom. The molecule has 0 spiro atoms. The SMILES string of the molecule is O=C(N=c1sccn1Cc1ccccc1)c1csc(-c2cccs2)n1. The first-order chi connectivity index (χ1) is 12.3. The fraction of sp³-hybridized carbons (Fsp3) is 0.0556. The first-order valence-corrected chi connectivity index (χ1v) is 10.2. The molecule has 0 saturated carbocycles. The number of aromatic nitrogens is 2. The third-order valence-electron chi connectivity index (χ3n) is 3.51. The van der Waals surface area contributed by atoms with Crippen LogP contribution in [0.4, 0.5) is 0 Å². The van der Waals surface area contributed by atoms with Crippen LogP contribution in [0.2, 0.25) is 0 Å². The molecule has 0 saturated heterocycles. The molecule has 1 amide bonds. The minimum atomic E-state index is -0.302. The highest BCUT2D eigenvalue weighted by Gasteiger charge is 2.12. The van der Waals surface area contributed by atoms with Crippen LogP contribution in [0.1, 0.15) is 16.1 Å². The highest BCUT2D eigenvalue weighted by molar-refractivity contribution is 7.20. The van der Waals surface area contributed by atoms with Crippen molar-refractivity contribution in [3.63, 3.8) is 0 Å². The smallest absolute Gasteiger partial charge is 0.299 e. The van der Waals surface area contributed by atoms with Crippen molar-refractivity contribution < 1.29 is 4.79 Å². The van der Waals surface area contributed by atoms with Crippen LogP contribution in [0.3, 0.4) is 0 Å². The average Bonchev–Trinajstić information content (AvgIpc) is 3.38. The maximum atomic E-state index is 12.5. The molecule has 0 unspecified atom stereocenters. The third-order valence-corrected chi connectivity index (χ3v) is 6.18. The molecule has 4 nitrogen and oxygen atoms in total. The first-order valence-electron chi connectivity index (χ1n) is 7.56. The molecule has 0 radical (unpaired) electrons. The van der Waals surface area contributed by atoms with Crippen molar-refractivity contribution in [3.8, 4) is 9.88 Å². The molecule has 0 atom stereocenters. The fourth-order valence-corrected chi connectivity index (χ4v) is 4.65. The summed E-state index contributed by atoms with van der Waals surface area (Å²) < 4.78 is 1.98. The van der Waals surface area contributed by atoms with Gasteiger partial charge in [-0.1, -0.05) is 36.4 Å². The molecular formula is C18H13N3OS3. The second-order valence-electron chi connectivity index (χ2n) is 5.23. The lowest BCUT2D eigenvalue weighted by Crippen LogP contribution is -2.17. The summed E-state index contributed by atoms with van der Waals surface area (Å²) in [7, 11) is 0. The van der Waals surface area contributed by atoms with Gasteiger partial charge in [0.15, 0.2) is 4.80 Å². The molecular weight excluding hydrogens is 370 g/mol. The van der Waals surface area contributed by atoms with Gasteiger partial charge in [0, 0.05) is 23.5 Å². The first kappa shape index (κ1) is 16.1. The van der Waals surface area contributed by atoms with E-state index in [1.54, 1.807) is 16.7 Å². The topological polar surface area (TPSA) is 47.2 Å². The molecule has 0 aliphatic heterocycles. The molecule has 124 valence electrons. The van der Waals surface area contributed by atoms with E-state index < -0.39 is 0 Å². The van der Waals surface area contributed by atoms with Gasteiger partial charge in [0.25, 0.3) is 5.91 Å². The molecule has 7 heteroatoms. The Labute approximate surface area is 156 Å². The predicted molar refractivity (Wildman–Crippen MR) is 103 cm³/mol. The summed E-state index contributed by atoms with van der Waals surface area (Å²) in [6.45, 7) is 0.688. The number of benzene rings is 1. The molecule has 25 heavy (non-hydrogen) atoms. The van der Waals surface area contributed by atoms with Gasteiger partial charge in [0.1, 0.15) is 10.7 Å². The number of carbonyl (C=O) groups excluding carboxylic acids is 1. The quantitative estimate of drug-likeness (QED) is 0.520. The van der Waals surface area contributed by atoms with Crippen molar-refractivity contribution >= 4 is 39.9 Å². The Hall–Kier alpha value is -2.35. The minimum absolute atomic E-state index is 0.302. The van der Waals surface area contributed by atoms with Crippen molar-refractivity contribution in [2.75, 3.05) is 0 Å². The zero-order valence-corrected chi connectivity index (χ0v) is 15.5. The number of carbonyl (C=O) groups is 1. The van der Waals surface area contributed by atoms with E-state index in [0.717, 1.165) is 9.88 Å². The Kier molecular flexibility index (Phi) is 4.69. The van der Waals surface area contributed by atoms with E-state index in [1.807, 2.05) is 51.9 Å². The zero-order chi connectivity index (χ0) is 17.1. The van der Waals surface area contributed by atoms with Crippen molar-refractivity contribution in [1.29, 1.82) is 0 Å². The molecule has 3 heterocycles. The van der Waals surface area contributed by atoms with Crippen molar-refractivity contribution in [1.82, 2.24) is 9.55 Å². The van der Waals surface area contributed by atoms with Crippen LogP contribution in [0.25, 0.3) is 9.88 Å². The Morgan fingerprint density at radius 3 is 2.72 bits per heavy atom. The lowest BCUT2D eigenvalue weighted by atomic mass is 10.2. The van der Waals surface area contributed by atoms with Gasteiger partial charge in [-0.05, 0) is 17.0 Å². The van der Waals surface area contributed by atoms with Crippen molar-refractivity contribution in [3.05, 3.63) is 80.9 Å². The van der Waals surface area contributed by atoms with Gasteiger partial charge in [-0.3, -0.25) is 4.79 Å². The van der Waals surface area contributed by atoms with Crippen LogP contribution in [0, 0.1) is 0 Å². The second-order valence-corrected chi connectivity index (χ2v) is 7.91. The van der Waals surface area contributed by atoms with Gasteiger partial charge in [-0.2, -0.15) is 4.99 Å². The number of thiazole rings is 2. The van der Waals surface area contributed by atoms with Gasteiger partial charge >= 0.3 is 0 Å². The van der Waals surface area contributed by atoms with Crippen molar-refractivity contribution in [2.24, 2.45) is 4.99 Å². The second kappa shape index (κ2) is 7.26. The number of amides is 1. The van der Waals surface area contributed by atoms with Gasteiger partial charge < -0.3 is 4.57 Å². The maximum absolute atomic E-state index is 12.5. The van der Waals surface area contributed by atoms with Crippen LogP contribution in [0.15, 0.2) is 69.8 Å². The summed E-state index contributed by atoms with van der Waals surface area (Å²) in [5.74, 6) is -0.302. The Balaban J connectivity index is 1.59. The van der Waals surface area contributed by atoms with E-state index in [2.05, 4.69) is 22.1 Å². The van der Waals surface area contributed by atoms with Crippen LogP contribution in [0.5, 0.6) is 0 Å². The zero-order valence-electron chi connectivity index (χ0n) is 13.0. The predicted octanol–water partition coefficient (Wildman–Crippen LogP) is 4.52. The number of thiophene rings is 1. The van der Waals surface area contributed by atoms with E-state index in [0.29, 0.717) is 17.0 Å². The fourth-order valence-electron chi connectivity index (χ4n) is 2.32. The summed E-state index contributed by atoms with van der Waals surface area (Å²) in [6.07, 6.45) is 1.95. The molecule has 0 aliphatic rings. The summed E-state index contributed by atoms with van der Waals surface area (Å²) in [5, 5.41) is 6.57. The standard InChI is InChI=1S/C18H13N3OS3/c22-16(14-12-25-17(19-14)15-7-4-9-23-15)20-18-21(8-10-24-18)11-13-5-2-1-3-6-13/h1-10,12H,11H2. The van der Waals surface area contributed by atoms with E-state index in [-0.39, 0.29) is 5.91 Å². The number of hydrogen-bond acceptors (Lipinski definition) is 5. The molecule has 0 aliphatic carbocycles. The number of hydrogen-bond donors (Lipinski definition) is 0. The molecule has 0 bridgehead atoms. The maximum Gasteiger partial charge on any atom is 0.299 e. The average molecular weight is 384 g/mol. The third kappa shape index (κ3) is 3.68. The number of nitrogens with zero attached hydrogens (tertiary/aromatic N) is 3. The number of rotatable bonds is 4. The summed E-state index contributed by atoms with van der Waals surface area (Å²) in [6, 6.07) is 14.1. The molecule has 4 aromatic rings. The van der Waals surface area contributed by atoms with Gasteiger partial charge in [-0.25, -0.2) is 4.98 Å². The van der Waals surface area contributed by atoms with E-state index in [4.69, 9.17) is 0 Å². The summed E-state index contributed by atoms with van der Waals surface area (Å²) in [4.78, 5) is 22.9. The van der Waals surface area contributed by atoms with E-state index >= 15 is 0 Å². The van der Waals surface area contributed by atoms with Gasteiger partial charge in [0.2, 0.25) is 0 Å². The van der Waals surface area contributed by atoms with E-state index in [1.165, 1.54) is 28.2 Å². The minimum Gasteiger partial charge on any atom is -0.319 e. The highest BCUT2D eigenvalue weighted by atomic mass is 32.1. The largest absolute Gasteiger partial charge is 0.319 e. The molecule has 3 aromatic heterocycles. The highest BCUT2D eigenvalue weighted by Crippen LogP contribution is 2.27. The Morgan fingerprint density at radius 2 is 1.92 bits per heavy atom. The summed E-state index contributed by atoms with van der Waals surface area (Å²) >= 11 is 4.53. The molecule has 0 N–H and O–H groups in total. The van der Waals surface area contributed by atoms with Crippen LogP contribution in [-0.2, 0) is 6.54 Å². The van der Waals surface area contributed by atoms with Crippen molar-refractivity contribution in [2.45, 2.75) is 6.54 Å². The van der Waals surface area contributed by atoms with Gasteiger partial charge in [-0.15, -0.1) is 34.0 Å². The molecule has 1 aromatic carbocycles. The van der Waals surface area contributed by atoms with Crippen LogP contribution >= 0.6 is 34.0 Å². The van der Waals surface area contributed by atoms with Crippen LogP contribution in [-0.4, -0.2) is 15.5 Å². The monoisotopic (exact) mass is 383 g/mol. The van der Waals surface area contributed by atoms with Crippen LogP contribution < -0.4 is 4.80 Å². The molecule has 0 fully saturated rings. The Bertz CT molecular complexity index is 1040.